The lowest BCUT2D eigenvalue weighted by Gasteiger charge is -2.39. The van der Waals surface area contributed by atoms with Gasteiger partial charge < -0.3 is 4.74 Å². The molecule has 6 heteroatoms. The van der Waals surface area contributed by atoms with Crippen molar-refractivity contribution in [3.8, 4) is 0 Å². The minimum absolute atomic E-state index is 0.659. The maximum Gasteiger partial charge on any atom is 0.187 e. The number of rotatable bonds is 5. The van der Waals surface area contributed by atoms with Gasteiger partial charge in [0.2, 0.25) is 0 Å². The second-order valence-corrected chi connectivity index (χ2v) is 6.88. The first-order valence-corrected chi connectivity index (χ1v) is 9.46. The van der Waals surface area contributed by atoms with Crippen molar-refractivity contribution < 1.29 is 4.74 Å². The van der Waals surface area contributed by atoms with E-state index in [9.17, 15) is 0 Å². The van der Waals surface area contributed by atoms with E-state index in [-0.39, 0.29) is 0 Å². The lowest BCUT2D eigenvalue weighted by molar-refractivity contribution is 0.0152. The summed E-state index contributed by atoms with van der Waals surface area (Å²) in [5.41, 5.74) is 1.23. The molecule has 2 fully saturated rings. The molecular weight excluding hydrogens is 296 g/mol. The van der Waals surface area contributed by atoms with E-state index in [2.05, 4.69) is 19.8 Å². The van der Waals surface area contributed by atoms with Crippen LogP contribution in [0.4, 0.5) is 0 Å². The predicted octanol–water partition coefficient (Wildman–Crippen LogP) is 1.89. The molecule has 0 aliphatic carbocycles. The van der Waals surface area contributed by atoms with Crippen LogP contribution >= 0.6 is 11.8 Å². The molecular formula is C16H26N4OS. The van der Waals surface area contributed by atoms with Gasteiger partial charge >= 0.3 is 0 Å². The third-order valence-corrected chi connectivity index (χ3v) is 5.15. The van der Waals surface area contributed by atoms with E-state index in [1.165, 1.54) is 37.9 Å². The molecule has 1 atom stereocenters. The van der Waals surface area contributed by atoms with Crippen LogP contribution in [0, 0.1) is 0 Å². The second-order valence-electron chi connectivity index (χ2n) is 6.11. The highest BCUT2D eigenvalue weighted by atomic mass is 32.2. The molecule has 2 aliphatic rings. The summed E-state index contributed by atoms with van der Waals surface area (Å²) in [7, 11) is 0. The number of nitrogens with zero attached hydrogens (tertiary/aromatic N) is 4. The number of thioether (sulfide) groups is 1. The largest absolute Gasteiger partial charge is 0.379 e. The van der Waals surface area contributed by atoms with Gasteiger partial charge in [-0.05, 0) is 25.6 Å². The number of ether oxygens (including phenoxy) is 1. The summed E-state index contributed by atoms with van der Waals surface area (Å²) in [6.45, 7) is 7.27. The van der Waals surface area contributed by atoms with Crippen molar-refractivity contribution >= 4 is 11.8 Å². The van der Waals surface area contributed by atoms with Gasteiger partial charge in [0.25, 0.3) is 0 Å². The zero-order valence-corrected chi connectivity index (χ0v) is 14.2. The van der Waals surface area contributed by atoms with Crippen molar-refractivity contribution in [2.45, 2.75) is 37.0 Å². The van der Waals surface area contributed by atoms with E-state index >= 15 is 0 Å². The molecule has 0 amide bonds. The van der Waals surface area contributed by atoms with Crippen molar-refractivity contribution in [1.82, 2.24) is 19.8 Å². The van der Waals surface area contributed by atoms with Crippen molar-refractivity contribution in [3.63, 3.8) is 0 Å². The highest BCUT2D eigenvalue weighted by Crippen LogP contribution is 2.21. The normalized spacial score (nSPS) is 24.5. The van der Waals surface area contributed by atoms with Crippen LogP contribution in [-0.2, 0) is 11.3 Å². The van der Waals surface area contributed by atoms with E-state index < -0.39 is 0 Å². The zero-order chi connectivity index (χ0) is 15.2. The molecule has 3 rings (SSSR count). The molecule has 3 heterocycles. The van der Waals surface area contributed by atoms with Crippen LogP contribution in [-0.4, -0.2) is 71.5 Å². The molecule has 0 saturated carbocycles. The van der Waals surface area contributed by atoms with Gasteiger partial charge in [0.1, 0.15) is 0 Å². The van der Waals surface area contributed by atoms with Crippen molar-refractivity contribution in [2.24, 2.45) is 0 Å². The van der Waals surface area contributed by atoms with Crippen molar-refractivity contribution in [2.75, 3.05) is 45.6 Å². The number of morpholine rings is 1. The minimum atomic E-state index is 0.659. The van der Waals surface area contributed by atoms with E-state index in [0.29, 0.717) is 6.04 Å². The van der Waals surface area contributed by atoms with Gasteiger partial charge in [-0.15, -0.1) is 0 Å². The van der Waals surface area contributed by atoms with E-state index in [1.807, 2.05) is 18.6 Å². The first-order valence-electron chi connectivity index (χ1n) is 8.24. The number of piperidine rings is 1. The molecule has 1 aromatic rings. The predicted molar refractivity (Wildman–Crippen MR) is 89.1 cm³/mol. The van der Waals surface area contributed by atoms with Crippen molar-refractivity contribution in [1.29, 1.82) is 0 Å². The standard InChI is InChI=1S/C16H26N4OS/c1-22-16-17-10-14(11-18-16)12-20-5-3-2-4-15(20)13-19-6-8-21-9-7-19/h10-11,15H,2-9,12-13H2,1H3/t15-/m0/s1. The third-order valence-electron chi connectivity index (χ3n) is 4.57. The Morgan fingerprint density at radius 3 is 2.68 bits per heavy atom. The molecule has 122 valence electrons. The molecule has 0 aromatic carbocycles. The Morgan fingerprint density at radius 1 is 1.18 bits per heavy atom. The number of aromatic nitrogens is 2. The lowest BCUT2D eigenvalue weighted by Crippen LogP contribution is -2.49. The fourth-order valence-corrected chi connectivity index (χ4v) is 3.64. The average Bonchev–Trinajstić information content (AvgIpc) is 2.58. The maximum atomic E-state index is 5.46. The summed E-state index contributed by atoms with van der Waals surface area (Å²) >= 11 is 1.59. The van der Waals surface area contributed by atoms with Gasteiger partial charge in [0.05, 0.1) is 13.2 Å². The van der Waals surface area contributed by atoms with Crippen LogP contribution in [0.3, 0.4) is 0 Å². The Morgan fingerprint density at radius 2 is 1.95 bits per heavy atom. The first kappa shape index (κ1) is 16.2. The Bertz CT molecular complexity index is 450. The van der Waals surface area contributed by atoms with Gasteiger partial charge in [0.15, 0.2) is 5.16 Å². The number of hydrogen-bond donors (Lipinski definition) is 0. The molecule has 0 spiro atoms. The average molecular weight is 322 g/mol. The van der Waals surface area contributed by atoms with Gasteiger partial charge in [-0.3, -0.25) is 9.80 Å². The summed E-state index contributed by atoms with van der Waals surface area (Å²) in [6, 6.07) is 0.659. The van der Waals surface area contributed by atoms with Crippen LogP contribution in [0.1, 0.15) is 24.8 Å². The lowest BCUT2D eigenvalue weighted by atomic mass is 10.0. The first-order chi connectivity index (χ1) is 10.8. The van der Waals surface area contributed by atoms with Crippen LogP contribution in [0.25, 0.3) is 0 Å². The Labute approximate surface area is 137 Å². The SMILES string of the molecule is CSc1ncc(CN2CCCC[C@H]2CN2CCOCC2)cn1. The van der Waals surface area contributed by atoms with Gasteiger partial charge in [0, 0.05) is 50.2 Å². The van der Waals surface area contributed by atoms with Crippen LogP contribution in [0.5, 0.6) is 0 Å². The van der Waals surface area contributed by atoms with Crippen LogP contribution in [0.15, 0.2) is 17.6 Å². The van der Waals surface area contributed by atoms with E-state index in [0.717, 1.165) is 38.0 Å². The van der Waals surface area contributed by atoms with Gasteiger partial charge in [-0.25, -0.2) is 9.97 Å². The quantitative estimate of drug-likeness (QED) is 0.609. The van der Waals surface area contributed by atoms with Gasteiger partial charge in [-0.2, -0.15) is 0 Å². The fourth-order valence-electron chi connectivity index (χ4n) is 3.32. The topological polar surface area (TPSA) is 41.5 Å². The summed E-state index contributed by atoms with van der Waals surface area (Å²) < 4.78 is 5.46. The highest BCUT2D eigenvalue weighted by Gasteiger charge is 2.25. The summed E-state index contributed by atoms with van der Waals surface area (Å²) in [4.78, 5) is 14.0. The smallest absolute Gasteiger partial charge is 0.187 e. The van der Waals surface area contributed by atoms with Crippen LogP contribution in [0.2, 0.25) is 0 Å². The Hall–Kier alpha value is -0.690. The summed E-state index contributed by atoms with van der Waals surface area (Å²) in [6.07, 6.45) is 9.95. The molecule has 5 nitrogen and oxygen atoms in total. The Kier molecular flexibility index (Phi) is 6.06. The molecule has 0 bridgehead atoms. The van der Waals surface area contributed by atoms with E-state index in [4.69, 9.17) is 4.74 Å². The Balaban J connectivity index is 1.58. The highest BCUT2D eigenvalue weighted by molar-refractivity contribution is 7.98. The van der Waals surface area contributed by atoms with E-state index in [1.54, 1.807) is 11.8 Å². The molecule has 0 unspecified atom stereocenters. The third kappa shape index (κ3) is 4.41. The maximum absolute atomic E-state index is 5.46. The van der Waals surface area contributed by atoms with Gasteiger partial charge in [-0.1, -0.05) is 18.2 Å². The minimum Gasteiger partial charge on any atom is -0.379 e. The number of likely N-dealkylation sites (tertiary alicyclic amines) is 1. The zero-order valence-electron chi connectivity index (χ0n) is 13.4. The van der Waals surface area contributed by atoms with Crippen molar-refractivity contribution in [3.05, 3.63) is 18.0 Å². The molecule has 1 aromatic heterocycles. The molecule has 0 radical (unpaired) electrons. The van der Waals surface area contributed by atoms with Crippen LogP contribution < -0.4 is 0 Å². The molecule has 0 N–H and O–H groups in total. The molecule has 2 aliphatic heterocycles. The molecule has 22 heavy (non-hydrogen) atoms. The second kappa shape index (κ2) is 8.24. The monoisotopic (exact) mass is 322 g/mol. The number of hydrogen-bond acceptors (Lipinski definition) is 6. The summed E-state index contributed by atoms with van der Waals surface area (Å²) in [5.74, 6) is 0. The summed E-state index contributed by atoms with van der Waals surface area (Å²) in [5, 5.41) is 0.854. The molecule has 2 saturated heterocycles. The fraction of sp³-hybridized carbons (Fsp3) is 0.750.